The Morgan fingerprint density at radius 3 is 2.65 bits per heavy atom. The summed E-state index contributed by atoms with van der Waals surface area (Å²) in [5.74, 6) is 4.39. The van der Waals surface area contributed by atoms with E-state index in [1.165, 1.54) is 25.7 Å². The molecule has 0 aromatic carbocycles. The van der Waals surface area contributed by atoms with E-state index in [9.17, 15) is 0 Å². The molecule has 1 spiro atoms. The SMILES string of the molecule is NC1CCC2(C1)CC1CCCC1C1CCC2C1. The molecule has 1 heteroatoms. The molecule has 4 aliphatic carbocycles. The van der Waals surface area contributed by atoms with Crippen molar-refractivity contribution in [2.24, 2.45) is 34.8 Å². The third-order valence-electron chi connectivity index (χ3n) is 7.01. The highest BCUT2D eigenvalue weighted by atomic mass is 14.7. The lowest BCUT2D eigenvalue weighted by atomic mass is 9.67. The van der Waals surface area contributed by atoms with Gasteiger partial charge < -0.3 is 5.73 Å². The van der Waals surface area contributed by atoms with E-state index in [0.717, 1.165) is 23.7 Å². The molecule has 96 valence electrons. The smallest absolute Gasteiger partial charge is 0.00444 e. The molecular formula is C16H27N. The summed E-state index contributed by atoms with van der Waals surface area (Å²) in [4.78, 5) is 0. The number of hydrogen-bond acceptors (Lipinski definition) is 1. The molecule has 1 nitrogen and oxygen atoms in total. The van der Waals surface area contributed by atoms with Crippen molar-refractivity contribution in [1.29, 1.82) is 0 Å². The monoisotopic (exact) mass is 233 g/mol. The summed E-state index contributed by atoms with van der Waals surface area (Å²) in [6.45, 7) is 0. The Bertz CT molecular complexity index is 313. The van der Waals surface area contributed by atoms with Crippen molar-refractivity contribution in [1.82, 2.24) is 0 Å². The van der Waals surface area contributed by atoms with Crippen molar-refractivity contribution >= 4 is 0 Å². The maximum atomic E-state index is 6.26. The summed E-state index contributed by atoms with van der Waals surface area (Å²) in [7, 11) is 0. The summed E-state index contributed by atoms with van der Waals surface area (Å²) in [5, 5.41) is 0. The first kappa shape index (κ1) is 10.8. The highest BCUT2D eigenvalue weighted by Crippen LogP contribution is 2.62. The number of nitrogens with two attached hydrogens (primary N) is 1. The van der Waals surface area contributed by atoms with Gasteiger partial charge in [0.15, 0.2) is 0 Å². The fourth-order valence-corrected chi connectivity index (χ4v) is 6.35. The first-order valence-corrected chi connectivity index (χ1v) is 8.02. The predicted molar refractivity (Wildman–Crippen MR) is 70.5 cm³/mol. The van der Waals surface area contributed by atoms with Crippen LogP contribution in [0.15, 0.2) is 0 Å². The Morgan fingerprint density at radius 1 is 0.882 bits per heavy atom. The molecular weight excluding hydrogens is 206 g/mol. The molecule has 0 aromatic rings. The Kier molecular flexibility index (Phi) is 2.38. The van der Waals surface area contributed by atoms with Gasteiger partial charge in [0.2, 0.25) is 0 Å². The summed E-state index contributed by atoms with van der Waals surface area (Å²) in [6, 6.07) is 0.534. The summed E-state index contributed by atoms with van der Waals surface area (Å²) in [6.07, 6.45) is 15.0. The van der Waals surface area contributed by atoms with Gasteiger partial charge in [0.05, 0.1) is 0 Å². The third kappa shape index (κ3) is 1.54. The van der Waals surface area contributed by atoms with E-state index < -0.39 is 0 Å². The van der Waals surface area contributed by atoms with E-state index in [-0.39, 0.29) is 0 Å². The minimum Gasteiger partial charge on any atom is -0.328 e. The molecule has 4 rings (SSSR count). The number of hydrogen-bond donors (Lipinski definition) is 1. The van der Waals surface area contributed by atoms with E-state index >= 15 is 0 Å². The molecule has 4 aliphatic rings. The maximum Gasteiger partial charge on any atom is 0.00444 e. The van der Waals surface area contributed by atoms with Crippen LogP contribution in [0.25, 0.3) is 0 Å². The van der Waals surface area contributed by atoms with Gasteiger partial charge in [0.1, 0.15) is 0 Å². The highest BCUT2D eigenvalue weighted by molar-refractivity contribution is 5.04. The zero-order valence-corrected chi connectivity index (χ0v) is 11.0. The fraction of sp³-hybridized carbons (Fsp3) is 1.00. The standard InChI is InChI=1S/C16H27N/c17-14-6-7-16(10-14)9-12-2-1-3-15(12)11-4-5-13(16)8-11/h11-15H,1-10,17H2. The van der Waals surface area contributed by atoms with Crippen LogP contribution >= 0.6 is 0 Å². The van der Waals surface area contributed by atoms with Gasteiger partial charge in [-0.3, -0.25) is 0 Å². The van der Waals surface area contributed by atoms with Crippen LogP contribution in [-0.4, -0.2) is 6.04 Å². The van der Waals surface area contributed by atoms with Crippen molar-refractivity contribution in [2.75, 3.05) is 0 Å². The van der Waals surface area contributed by atoms with Crippen LogP contribution in [0.5, 0.6) is 0 Å². The zero-order chi connectivity index (χ0) is 11.5. The van der Waals surface area contributed by atoms with Crippen LogP contribution in [0, 0.1) is 29.1 Å². The van der Waals surface area contributed by atoms with Crippen LogP contribution < -0.4 is 5.73 Å². The lowest BCUT2D eigenvalue weighted by Gasteiger charge is -2.38. The van der Waals surface area contributed by atoms with Gasteiger partial charge in [-0.1, -0.05) is 12.8 Å². The normalized spacial score (nSPS) is 57.4. The fourth-order valence-electron chi connectivity index (χ4n) is 6.35. The maximum absolute atomic E-state index is 6.26. The van der Waals surface area contributed by atoms with E-state index in [1.807, 2.05) is 0 Å². The van der Waals surface area contributed by atoms with Gasteiger partial charge in [-0.05, 0) is 80.5 Å². The first-order valence-electron chi connectivity index (χ1n) is 8.02. The van der Waals surface area contributed by atoms with Gasteiger partial charge >= 0.3 is 0 Å². The zero-order valence-electron chi connectivity index (χ0n) is 11.0. The predicted octanol–water partition coefficient (Wildman–Crippen LogP) is 3.72. The second-order valence-corrected chi connectivity index (χ2v) is 7.69. The molecule has 6 unspecified atom stereocenters. The second-order valence-electron chi connectivity index (χ2n) is 7.69. The Morgan fingerprint density at radius 2 is 1.82 bits per heavy atom. The van der Waals surface area contributed by atoms with E-state index in [2.05, 4.69) is 0 Å². The van der Waals surface area contributed by atoms with Crippen LogP contribution in [0.1, 0.15) is 64.2 Å². The molecule has 0 aliphatic heterocycles. The molecule has 0 radical (unpaired) electrons. The van der Waals surface area contributed by atoms with E-state index in [0.29, 0.717) is 11.5 Å². The molecule has 0 amide bonds. The van der Waals surface area contributed by atoms with Crippen LogP contribution in [0.4, 0.5) is 0 Å². The number of fused-ring (bicyclic) bond motifs is 5. The lowest BCUT2D eigenvalue weighted by molar-refractivity contribution is 0.122. The van der Waals surface area contributed by atoms with Crippen molar-refractivity contribution in [3.8, 4) is 0 Å². The van der Waals surface area contributed by atoms with Crippen molar-refractivity contribution in [2.45, 2.75) is 70.3 Å². The third-order valence-corrected chi connectivity index (χ3v) is 7.01. The molecule has 0 saturated heterocycles. The van der Waals surface area contributed by atoms with Crippen molar-refractivity contribution in [3.63, 3.8) is 0 Å². The van der Waals surface area contributed by atoms with Gasteiger partial charge in [-0.2, -0.15) is 0 Å². The minimum atomic E-state index is 0.534. The molecule has 0 heterocycles. The van der Waals surface area contributed by atoms with Crippen LogP contribution in [0.3, 0.4) is 0 Å². The quantitative estimate of drug-likeness (QED) is 0.678. The topological polar surface area (TPSA) is 26.0 Å². The summed E-state index contributed by atoms with van der Waals surface area (Å²) < 4.78 is 0. The summed E-state index contributed by atoms with van der Waals surface area (Å²) >= 11 is 0. The summed E-state index contributed by atoms with van der Waals surface area (Å²) in [5.41, 5.74) is 6.97. The van der Waals surface area contributed by atoms with Gasteiger partial charge in [-0.15, -0.1) is 0 Å². The van der Waals surface area contributed by atoms with Crippen LogP contribution in [0.2, 0.25) is 0 Å². The van der Waals surface area contributed by atoms with Crippen molar-refractivity contribution < 1.29 is 0 Å². The number of rotatable bonds is 0. The largest absolute Gasteiger partial charge is 0.328 e. The van der Waals surface area contributed by atoms with E-state index in [4.69, 9.17) is 5.73 Å². The van der Waals surface area contributed by atoms with Crippen molar-refractivity contribution in [3.05, 3.63) is 0 Å². The highest BCUT2D eigenvalue weighted by Gasteiger charge is 2.53. The Hall–Kier alpha value is -0.0400. The molecule has 4 saturated carbocycles. The van der Waals surface area contributed by atoms with Gasteiger partial charge in [-0.25, -0.2) is 0 Å². The molecule has 2 bridgehead atoms. The minimum absolute atomic E-state index is 0.534. The average molecular weight is 233 g/mol. The Labute approximate surface area is 106 Å². The molecule has 17 heavy (non-hydrogen) atoms. The van der Waals surface area contributed by atoms with E-state index in [1.54, 1.807) is 38.5 Å². The first-order chi connectivity index (χ1) is 8.27. The molecule has 6 atom stereocenters. The molecule has 0 aromatic heterocycles. The van der Waals surface area contributed by atoms with Gasteiger partial charge in [0, 0.05) is 6.04 Å². The second kappa shape index (κ2) is 3.73. The van der Waals surface area contributed by atoms with Crippen LogP contribution in [-0.2, 0) is 0 Å². The average Bonchev–Trinajstić information content (AvgIpc) is 2.95. The molecule has 2 N–H and O–H groups in total. The Balaban J connectivity index is 1.67. The molecule has 4 fully saturated rings. The van der Waals surface area contributed by atoms with Gasteiger partial charge in [0.25, 0.3) is 0 Å². The lowest BCUT2D eigenvalue weighted by Crippen LogP contribution is -2.30.